The summed E-state index contributed by atoms with van der Waals surface area (Å²) in [5.41, 5.74) is 9.34. The summed E-state index contributed by atoms with van der Waals surface area (Å²) in [6.07, 6.45) is 3.00. The predicted molar refractivity (Wildman–Crippen MR) is 63.3 cm³/mol. The van der Waals surface area contributed by atoms with Gasteiger partial charge in [0.05, 0.1) is 0 Å². The zero-order chi connectivity index (χ0) is 10.7. The lowest BCUT2D eigenvalue weighted by molar-refractivity contribution is 0.874. The Hall–Kier alpha value is -1.54. The highest BCUT2D eigenvalue weighted by molar-refractivity contribution is 5.38. The maximum absolute atomic E-state index is 5.58. The summed E-state index contributed by atoms with van der Waals surface area (Å²) in [5.74, 6) is 0. The van der Waals surface area contributed by atoms with Crippen molar-refractivity contribution in [3.63, 3.8) is 0 Å². The predicted octanol–water partition coefficient (Wildman–Crippen LogP) is 2.29. The van der Waals surface area contributed by atoms with Crippen LogP contribution < -0.4 is 5.73 Å². The van der Waals surface area contributed by atoms with E-state index in [0.717, 1.165) is 6.42 Å². The second-order valence-corrected chi connectivity index (χ2v) is 3.75. The third-order valence-electron chi connectivity index (χ3n) is 2.51. The van der Waals surface area contributed by atoms with E-state index in [4.69, 9.17) is 5.73 Å². The van der Waals surface area contributed by atoms with Crippen molar-refractivity contribution in [1.82, 2.24) is 4.57 Å². The molecule has 1 aromatic heterocycles. The molecule has 2 heteroatoms. The normalized spacial score (nSPS) is 10.5. The molecular weight excluding hydrogens is 184 g/mol. The number of benzene rings is 1. The quantitative estimate of drug-likeness (QED) is 0.809. The molecule has 0 radical (unpaired) electrons. The third kappa shape index (κ3) is 2.10. The molecule has 0 saturated carbocycles. The summed E-state index contributed by atoms with van der Waals surface area (Å²) in [7, 11) is 0. The number of rotatable bonds is 3. The minimum absolute atomic E-state index is 0.690. The maximum Gasteiger partial charge on any atom is 0.0454 e. The van der Waals surface area contributed by atoms with Crippen LogP contribution in [0.3, 0.4) is 0 Å². The van der Waals surface area contributed by atoms with Gasteiger partial charge in [0.2, 0.25) is 0 Å². The van der Waals surface area contributed by atoms with Crippen LogP contribution in [0, 0.1) is 6.92 Å². The van der Waals surface area contributed by atoms with Crippen LogP contribution in [-0.2, 0) is 6.42 Å². The van der Waals surface area contributed by atoms with Crippen LogP contribution in [0.1, 0.15) is 11.3 Å². The van der Waals surface area contributed by atoms with Crippen LogP contribution in [0.15, 0.2) is 42.6 Å². The number of hydrogen-bond acceptors (Lipinski definition) is 1. The SMILES string of the molecule is Cc1cccc(-n2cccc2CCN)c1. The molecule has 0 aliphatic heterocycles. The summed E-state index contributed by atoms with van der Waals surface area (Å²) >= 11 is 0. The van der Waals surface area contributed by atoms with Gasteiger partial charge in [0.1, 0.15) is 0 Å². The molecule has 0 fully saturated rings. The van der Waals surface area contributed by atoms with Gasteiger partial charge < -0.3 is 10.3 Å². The van der Waals surface area contributed by atoms with Crippen molar-refractivity contribution < 1.29 is 0 Å². The van der Waals surface area contributed by atoms with Crippen LogP contribution in [0.25, 0.3) is 5.69 Å². The highest BCUT2D eigenvalue weighted by Gasteiger charge is 2.01. The van der Waals surface area contributed by atoms with Crippen molar-refractivity contribution in [3.8, 4) is 5.69 Å². The van der Waals surface area contributed by atoms with Gasteiger partial charge in [-0.25, -0.2) is 0 Å². The van der Waals surface area contributed by atoms with Crippen LogP contribution >= 0.6 is 0 Å². The summed E-state index contributed by atoms with van der Waals surface area (Å²) < 4.78 is 2.19. The van der Waals surface area contributed by atoms with Crippen molar-refractivity contribution in [3.05, 3.63) is 53.9 Å². The molecule has 1 aromatic carbocycles. The lowest BCUT2D eigenvalue weighted by atomic mass is 10.2. The lowest BCUT2D eigenvalue weighted by Crippen LogP contribution is -2.07. The van der Waals surface area contributed by atoms with E-state index in [2.05, 4.69) is 54.1 Å². The van der Waals surface area contributed by atoms with E-state index >= 15 is 0 Å². The number of hydrogen-bond donors (Lipinski definition) is 1. The maximum atomic E-state index is 5.58. The van der Waals surface area contributed by atoms with E-state index in [-0.39, 0.29) is 0 Å². The second kappa shape index (κ2) is 4.32. The Morgan fingerprint density at radius 1 is 1.20 bits per heavy atom. The van der Waals surface area contributed by atoms with Gasteiger partial charge in [0.25, 0.3) is 0 Å². The molecular formula is C13H16N2. The highest BCUT2D eigenvalue weighted by atomic mass is 15.0. The Morgan fingerprint density at radius 3 is 2.80 bits per heavy atom. The molecule has 0 aliphatic rings. The summed E-state index contributed by atoms with van der Waals surface area (Å²) in [4.78, 5) is 0. The zero-order valence-electron chi connectivity index (χ0n) is 8.98. The van der Waals surface area contributed by atoms with Crippen molar-refractivity contribution in [2.75, 3.05) is 6.54 Å². The van der Waals surface area contributed by atoms with E-state index in [0.29, 0.717) is 6.54 Å². The first-order chi connectivity index (χ1) is 7.31. The molecule has 2 nitrogen and oxygen atoms in total. The van der Waals surface area contributed by atoms with Gasteiger partial charge in [-0.05, 0) is 43.3 Å². The molecule has 78 valence electrons. The standard InChI is InChI=1S/C13H16N2/c1-11-4-2-5-13(10-11)15-9-3-6-12(15)7-8-14/h2-6,9-10H,7-8,14H2,1H3. The molecule has 0 aliphatic carbocycles. The van der Waals surface area contributed by atoms with Crippen molar-refractivity contribution in [2.45, 2.75) is 13.3 Å². The van der Waals surface area contributed by atoms with Crippen molar-refractivity contribution in [2.24, 2.45) is 5.73 Å². The van der Waals surface area contributed by atoms with E-state index < -0.39 is 0 Å². The average Bonchev–Trinajstić information content (AvgIpc) is 2.66. The molecule has 2 rings (SSSR count). The molecule has 15 heavy (non-hydrogen) atoms. The molecule has 0 saturated heterocycles. The van der Waals surface area contributed by atoms with Gasteiger partial charge in [-0.15, -0.1) is 0 Å². The first kappa shape index (κ1) is 9.99. The molecule has 0 amide bonds. The second-order valence-electron chi connectivity index (χ2n) is 3.75. The highest BCUT2D eigenvalue weighted by Crippen LogP contribution is 2.14. The van der Waals surface area contributed by atoms with E-state index in [9.17, 15) is 0 Å². The molecule has 0 unspecified atom stereocenters. The largest absolute Gasteiger partial charge is 0.330 e. The van der Waals surface area contributed by atoms with Gasteiger partial charge in [-0.3, -0.25) is 0 Å². The van der Waals surface area contributed by atoms with Crippen LogP contribution in [-0.4, -0.2) is 11.1 Å². The smallest absolute Gasteiger partial charge is 0.0454 e. The molecule has 1 heterocycles. The number of nitrogens with two attached hydrogens (primary N) is 1. The Morgan fingerprint density at radius 2 is 2.07 bits per heavy atom. The number of nitrogens with zero attached hydrogens (tertiary/aromatic N) is 1. The van der Waals surface area contributed by atoms with Gasteiger partial charge in [-0.2, -0.15) is 0 Å². The molecule has 2 aromatic rings. The fourth-order valence-electron chi connectivity index (χ4n) is 1.80. The van der Waals surface area contributed by atoms with Crippen molar-refractivity contribution in [1.29, 1.82) is 0 Å². The number of aromatic nitrogens is 1. The summed E-state index contributed by atoms with van der Waals surface area (Å²) in [6, 6.07) is 12.7. The topological polar surface area (TPSA) is 30.9 Å². The lowest BCUT2D eigenvalue weighted by Gasteiger charge is -2.09. The molecule has 0 spiro atoms. The van der Waals surface area contributed by atoms with Crippen LogP contribution in [0.4, 0.5) is 0 Å². The van der Waals surface area contributed by atoms with Crippen LogP contribution in [0.5, 0.6) is 0 Å². The summed E-state index contributed by atoms with van der Waals surface area (Å²) in [5, 5.41) is 0. The zero-order valence-corrected chi connectivity index (χ0v) is 8.98. The first-order valence-electron chi connectivity index (χ1n) is 5.24. The average molecular weight is 200 g/mol. The van der Waals surface area contributed by atoms with E-state index in [1.807, 2.05) is 0 Å². The first-order valence-corrected chi connectivity index (χ1v) is 5.24. The fourth-order valence-corrected chi connectivity index (χ4v) is 1.80. The van der Waals surface area contributed by atoms with Gasteiger partial charge in [0, 0.05) is 24.0 Å². The Bertz CT molecular complexity index is 443. The minimum Gasteiger partial charge on any atom is -0.330 e. The summed E-state index contributed by atoms with van der Waals surface area (Å²) in [6.45, 7) is 2.80. The Kier molecular flexibility index (Phi) is 2.88. The van der Waals surface area contributed by atoms with Gasteiger partial charge in [-0.1, -0.05) is 12.1 Å². The molecule has 2 N–H and O–H groups in total. The Labute approximate surface area is 90.3 Å². The third-order valence-corrected chi connectivity index (χ3v) is 2.51. The van der Waals surface area contributed by atoms with Crippen LogP contribution in [0.2, 0.25) is 0 Å². The Balaban J connectivity index is 2.40. The van der Waals surface area contributed by atoms with E-state index in [1.165, 1.54) is 16.9 Å². The fraction of sp³-hybridized carbons (Fsp3) is 0.231. The van der Waals surface area contributed by atoms with Crippen molar-refractivity contribution >= 4 is 0 Å². The number of aryl methyl sites for hydroxylation is 1. The molecule has 0 bridgehead atoms. The monoisotopic (exact) mass is 200 g/mol. The van der Waals surface area contributed by atoms with Gasteiger partial charge in [0.15, 0.2) is 0 Å². The van der Waals surface area contributed by atoms with E-state index in [1.54, 1.807) is 0 Å². The minimum atomic E-state index is 0.690. The molecule has 0 atom stereocenters. The van der Waals surface area contributed by atoms with Gasteiger partial charge >= 0.3 is 0 Å².